The van der Waals surface area contributed by atoms with Gasteiger partial charge in [-0.2, -0.15) is 0 Å². The smallest absolute Gasteiger partial charge is 0.465 e. The van der Waals surface area contributed by atoms with Crippen LogP contribution in [-0.2, 0) is 6.42 Å². The molecule has 0 aliphatic carbocycles. The second-order valence-electron chi connectivity index (χ2n) is 5.25. The van der Waals surface area contributed by atoms with Gasteiger partial charge in [-0.15, -0.1) is 13.2 Å². The fourth-order valence-electron chi connectivity index (χ4n) is 2.62. The second-order valence-corrected chi connectivity index (χ2v) is 5.66. The Morgan fingerprint density at radius 2 is 2.18 bits per heavy atom. The Balaban J connectivity index is 2.06. The first-order valence-electron chi connectivity index (χ1n) is 6.76. The largest absolute Gasteiger partial charge is 0.573 e. The van der Waals surface area contributed by atoms with Crippen molar-refractivity contribution in [3.8, 4) is 5.75 Å². The van der Waals surface area contributed by atoms with Gasteiger partial charge in [0.15, 0.2) is 0 Å². The van der Waals surface area contributed by atoms with Crippen LogP contribution in [-0.4, -0.2) is 35.6 Å². The Hall–Kier alpha value is -1.63. The minimum absolute atomic E-state index is 0.0739. The van der Waals surface area contributed by atoms with E-state index < -0.39 is 18.2 Å². The molecule has 122 valence electrons. The minimum Gasteiger partial charge on any atom is -0.465 e. The van der Waals surface area contributed by atoms with E-state index in [1.807, 2.05) is 0 Å². The number of hydrogen-bond acceptors (Lipinski definition) is 2. The number of nitrogens with zero attached hydrogens (tertiary/aromatic N) is 1. The summed E-state index contributed by atoms with van der Waals surface area (Å²) in [6.45, 7) is 0.877. The SMILES string of the molecule is O=C(O)N1CCCC(Cc2ccc(Cl)c(OC(F)(F)F)c2)C1. The summed E-state index contributed by atoms with van der Waals surface area (Å²) in [6, 6.07) is 4.25. The molecule has 1 saturated heterocycles. The predicted octanol–water partition coefficient (Wildman–Crippen LogP) is 4.17. The Morgan fingerprint density at radius 3 is 2.82 bits per heavy atom. The van der Waals surface area contributed by atoms with Crippen molar-refractivity contribution in [3.63, 3.8) is 0 Å². The lowest BCUT2D eigenvalue weighted by molar-refractivity contribution is -0.274. The molecule has 4 nitrogen and oxygen atoms in total. The van der Waals surface area contributed by atoms with Crippen LogP contribution in [0.15, 0.2) is 18.2 Å². The maximum Gasteiger partial charge on any atom is 0.573 e. The molecule has 1 unspecified atom stereocenters. The summed E-state index contributed by atoms with van der Waals surface area (Å²) >= 11 is 5.70. The monoisotopic (exact) mass is 337 g/mol. The molecule has 1 atom stereocenters. The van der Waals surface area contributed by atoms with Crippen molar-refractivity contribution < 1.29 is 27.8 Å². The van der Waals surface area contributed by atoms with Crippen molar-refractivity contribution in [2.75, 3.05) is 13.1 Å². The van der Waals surface area contributed by atoms with Gasteiger partial charge >= 0.3 is 12.5 Å². The van der Waals surface area contributed by atoms with E-state index in [1.54, 1.807) is 6.07 Å². The summed E-state index contributed by atoms with van der Waals surface area (Å²) in [5, 5.41) is 8.88. The molecule has 1 aromatic carbocycles. The van der Waals surface area contributed by atoms with Gasteiger partial charge in [-0.1, -0.05) is 17.7 Å². The summed E-state index contributed by atoms with van der Waals surface area (Å²) in [6.07, 6.45) is -3.71. The molecule has 0 saturated carbocycles. The Kier molecular flexibility index (Phi) is 5.05. The van der Waals surface area contributed by atoms with Crippen LogP contribution in [0.2, 0.25) is 5.02 Å². The number of carbonyl (C=O) groups is 1. The minimum atomic E-state index is -4.80. The number of carboxylic acid groups (broad SMARTS) is 1. The fraction of sp³-hybridized carbons (Fsp3) is 0.500. The van der Waals surface area contributed by atoms with Gasteiger partial charge in [0.25, 0.3) is 0 Å². The van der Waals surface area contributed by atoms with Gasteiger partial charge in [-0.25, -0.2) is 4.79 Å². The van der Waals surface area contributed by atoms with Crippen molar-refractivity contribution in [2.45, 2.75) is 25.6 Å². The maximum atomic E-state index is 12.3. The van der Waals surface area contributed by atoms with E-state index in [-0.39, 0.29) is 10.9 Å². The average Bonchev–Trinajstić information content (AvgIpc) is 2.41. The van der Waals surface area contributed by atoms with Crippen LogP contribution in [0.5, 0.6) is 5.75 Å². The van der Waals surface area contributed by atoms with Crippen LogP contribution in [0.3, 0.4) is 0 Å². The summed E-state index contributed by atoms with van der Waals surface area (Å²) < 4.78 is 40.8. The molecule has 8 heteroatoms. The summed E-state index contributed by atoms with van der Waals surface area (Å²) in [5.74, 6) is -0.359. The average molecular weight is 338 g/mol. The Bertz CT molecular complexity index is 551. The van der Waals surface area contributed by atoms with E-state index in [1.165, 1.54) is 17.0 Å². The maximum absolute atomic E-state index is 12.3. The molecule has 1 N–H and O–H groups in total. The van der Waals surface area contributed by atoms with E-state index in [0.29, 0.717) is 25.1 Å². The molecule has 1 heterocycles. The van der Waals surface area contributed by atoms with Crippen LogP contribution in [0.25, 0.3) is 0 Å². The zero-order valence-corrected chi connectivity index (χ0v) is 12.3. The highest BCUT2D eigenvalue weighted by Crippen LogP contribution is 2.32. The number of benzene rings is 1. The van der Waals surface area contributed by atoms with E-state index >= 15 is 0 Å². The highest BCUT2D eigenvalue weighted by Gasteiger charge is 2.32. The van der Waals surface area contributed by atoms with Gasteiger partial charge in [0.2, 0.25) is 0 Å². The van der Waals surface area contributed by atoms with Crippen molar-refractivity contribution in [1.29, 1.82) is 0 Å². The molecular formula is C14H15ClF3NO3. The summed E-state index contributed by atoms with van der Waals surface area (Å²) in [4.78, 5) is 12.3. The molecule has 1 amide bonds. The van der Waals surface area contributed by atoms with Crippen LogP contribution in [0.1, 0.15) is 18.4 Å². The molecule has 1 aliphatic rings. The van der Waals surface area contributed by atoms with Gasteiger partial charge in [0, 0.05) is 13.1 Å². The van der Waals surface area contributed by atoms with Gasteiger partial charge in [-0.05, 0) is 42.9 Å². The molecule has 22 heavy (non-hydrogen) atoms. The Labute approximate surface area is 130 Å². The topological polar surface area (TPSA) is 49.8 Å². The standard InChI is InChI=1S/C14H15ClF3NO3/c15-11-4-3-9(7-12(11)22-14(16,17)18)6-10-2-1-5-19(8-10)13(20)21/h3-4,7,10H,1-2,5-6,8H2,(H,20,21). The molecule has 1 aromatic rings. The number of alkyl halides is 3. The summed E-state index contributed by atoms with van der Waals surface area (Å²) in [7, 11) is 0. The second kappa shape index (κ2) is 6.64. The lowest BCUT2D eigenvalue weighted by Crippen LogP contribution is -2.39. The van der Waals surface area contributed by atoms with Gasteiger partial charge in [0.05, 0.1) is 5.02 Å². The van der Waals surface area contributed by atoms with Gasteiger partial charge < -0.3 is 14.7 Å². The number of hydrogen-bond donors (Lipinski definition) is 1. The van der Waals surface area contributed by atoms with Crippen molar-refractivity contribution in [1.82, 2.24) is 4.90 Å². The van der Waals surface area contributed by atoms with Gasteiger partial charge in [-0.3, -0.25) is 0 Å². The zero-order chi connectivity index (χ0) is 16.3. The molecule has 0 aromatic heterocycles. The number of piperidine rings is 1. The third kappa shape index (κ3) is 4.69. The van der Waals surface area contributed by atoms with Crippen molar-refractivity contribution in [3.05, 3.63) is 28.8 Å². The van der Waals surface area contributed by atoms with E-state index in [9.17, 15) is 18.0 Å². The molecule has 0 spiro atoms. The highest BCUT2D eigenvalue weighted by molar-refractivity contribution is 6.32. The van der Waals surface area contributed by atoms with E-state index in [2.05, 4.69) is 4.74 Å². The first kappa shape index (κ1) is 16.7. The third-order valence-electron chi connectivity index (χ3n) is 3.54. The van der Waals surface area contributed by atoms with E-state index in [4.69, 9.17) is 16.7 Å². The molecule has 1 fully saturated rings. The molecule has 0 bridgehead atoms. The van der Waals surface area contributed by atoms with Crippen LogP contribution in [0, 0.1) is 5.92 Å². The third-order valence-corrected chi connectivity index (χ3v) is 3.85. The number of ether oxygens (including phenoxy) is 1. The normalized spacial score (nSPS) is 19.1. The molecule has 1 aliphatic heterocycles. The quantitative estimate of drug-likeness (QED) is 0.900. The molecule has 2 rings (SSSR count). The number of halogens is 4. The lowest BCUT2D eigenvalue weighted by atomic mass is 9.91. The number of rotatable bonds is 3. The van der Waals surface area contributed by atoms with Crippen LogP contribution < -0.4 is 4.74 Å². The summed E-state index contributed by atoms with van der Waals surface area (Å²) in [5.41, 5.74) is 0.640. The highest BCUT2D eigenvalue weighted by atomic mass is 35.5. The molecule has 0 radical (unpaired) electrons. The molecular weight excluding hydrogens is 323 g/mol. The first-order valence-corrected chi connectivity index (χ1v) is 7.14. The number of likely N-dealkylation sites (tertiary alicyclic amines) is 1. The number of amides is 1. The predicted molar refractivity (Wildman–Crippen MR) is 74.2 cm³/mol. The fourth-order valence-corrected chi connectivity index (χ4v) is 2.77. The van der Waals surface area contributed by atoms with E-state index in [0.717, 1.165) is 12.8 Å². The van der Waals surface area contributed by atoms with Crippen LogP contribution in [0.4, 0.5) is 18.0 Å². The lowest BCUT2D eigenvalue weighted by Gasteiger charge is -2.30. The van der Waals surface area contributed by atoms with Crippen molar-refractivity contribution in [2.24, 2.45) is 5.92 Å². The van der Waals surface area contributed by atoms with Gasteiger partial charge in [0.1, 0.15) is 5.75 Å². The first-order chi connectivity index (χ1) is 10.2. The zero-order valence-electron chi connectivity index (χ0n) is 11.6. The Morgan fingerprint density at radius 1 is 1.45 bits per heavy atom. The van der Waals surface area contributed by atoms with Crippen LogP contribution >= 0.6 is 11.6 Å². The van der Waals surface area contributed by atoms with Crippen molar-refractivity contribution >= 4 is 17.7 Å².